The van der Waals surface area contributed by atoms with E-state index in [1.54, 1.807) is 43.3 Å². The van der Waals surface area contributed by atoms with Crippen LogP contribution < -0.4 is 5.32 Å². The number of alkyl carbamates (subject to hydrolysis) is 1. The molecular weight excluding hydrogens is 398 g/mol. The number of benzene rings is 2. The summed E-state index contributed by atoms with van der Waals surface area (Å²) in [6, 6.07) is 13.6. The zero-order chi connectivity index (χ0) is 21.3. The molecule has 0 aliphatic carbocycles. The van der Waals surface area contributed by atoms with E-state index in [0.717, 1.165) is 11.1 Å². The summed E-state index contributed by atoms with van der Waals surface area (Å²) >= 11 is 0. The lowest BCUT2D eigenvalue weighted by Gasteiger charge is -2.17. The summed E-state index contributed by atoms with van der Waals surface area (Å²) < 4.78 is 39.5. The summed E-state index contributed by atoms with van der Waals surface area (Å²) in [5.41, 5.74) is 1.64. The molecule has 8 nitrogen and oxygen atoms in total. The number of carbonyl (C=O) groups is 2. The van der Waals surface area contributed by atoms with Gasteiger partial charge in [0, 0.05) is 0 Å². The Labute approximate surface area is 169 Å². The van der Waals surface area contributed by atoms with Crippen molar-refractivity contribution < 1.29 is 31.7 Å². The smallest absolute Gasteiger partial charge is 0.408 e. The van der Waals surface area contributed by atoms with Crippen LogP contribution in [0.4, 0.5) is 4.79 Å². The predicted octanol–water partition coefficient (Wildman–Crippen LogP) is 2.56. The molecule has 2 aromatic carbocycles. The third-order valence-corrected chi connectivity index (χ3v) is 5.07. The van der Waals surface area contributed by atoms with Gasteiger partial charge >= 0.3 is 12.1 Å². The average molecular weight is 421 g/mol. The van der Waals surface area contributed by atoms with Crippen molar-refractivity contribution in [2.45, 2.75) is 31.4 Å². The van der Waals surface area contributed by atoms with Crippen molar-refractivity contribution in [2.75, 3.05) is 13.2 Å². The topological polar surface area (TPSA) is 108 Å². The zero-order valence-corrected chi connectivity index (χ0v) is 17.0. The molecule has 9 heteroatoms. The molecule has 0 radical (unpaired) electrons. The number of rotatable bonds is 9. The first-order valence-corrected chi connectivity index (χ1v) is 10.3. The van der Waals surface area contributed by atoms with Crippen molar-refractivity contribution in [3.8, 4) is 0 Å². The van der Waals surface area contributed by atoms with Gasteiger partial charge in [-0.2, -0.15) is 8.42 Å². The first kappa shape index (κ1) is 22.4. The van der Waals surface area contributed by atoms with Gasteiger partial charge in [-0.05, 0) is 31.5 Å². The Morgan fingerprint density at radius 2 is 1.66 bits per heavy atom. The highest BCUT2D eigenvalue weighted by molar-refractivity contribution is 7.86. The molecule has 0 fully saturated rings. The Morgan fingerprint density at radius 1 is 1.00 bits per heavy atom. The third kappa shape index (κ3) is 7.20. The Hall–Kier alpha value is -2.91. The van der Waals surface area contributed by atoms with E-state index in [0.29, 0.717) is 0 Å². The standard InChI is InChI=1S/C20H23NO7S/c1-3-26-19(22)18(21-20(23)27-13-16-7-5-4-6-8-16)14-28-29(24,25)17-11-9-15(2)10-12-17/h4-12,18H,3,13-14H2,1-2H3,(H,21,23)/t18-/m0/s1. The molecule has 156 valence electrons. The van der Waals surface area contributed by atoms with Crippen molar-refractivity contribution >= 4 is 22.2 Å². The van der Waals surface area contributed by atoms with Gasteiger partial charge in [0.05, 0.1) is 18.1 Å². The number of amides is 1. The number of esters is 1. The highest BCUT2D eigenvalue weighted by atomic mass is 32.2. The molecule has 1 atom stereocenters. The van der Waals surface area contributed by atoms with E-state index in [4.69, 9.17) is 13.7 Å². The molecule has 0 aliphatic rings. The molecule has 0 heterocycles. The largest absolute Gasteiger partial charge is 0.464 e. The molecule has 1 amide bonds. The van der Waals surface area contributed by atoms with E-state index in [9.17, 15) is 18.0 Å². The fraction of sp³-hybridized carbons (Fsp3) is 0.300. The number of carbonyl (C=O) groups excluding carboxylic acids is 2. The Balaban J connectivity index is 1.99. The minimum atomic E-state index is -4.11. The van der Waals surface area contributed by atoms with Gasteiger partial charge in [-0.25, -0.2) is 9.59 Å². The van der Waals surface area contributed by atoms with E-state index in [-0.39, 0.29) is 18.1 Å². The maximum absolute atomic E-state index is 12.3. The molecule has 0 saturated heterocycles. The van der Waals surface area contributed by atoms with Crippen LogP contribution in [-0.4, -0.2) is 39.7 Å². The molecule has 0 spiro atoms. The first-order chi connectivity index (χ1) is 13.8. The van der Waals surface area contributed by atoms with Crippen molar-refractivity contribution in [3.05, 3.63) is 65.7 Å². The lowest BCUT2D eigenvalue weighted by atomic mass is 10.2. The summed E-state index contributed by atoms with van der Waals surface area (Å²) in [4.78, 5) is 24.0. The number of hydrogen-bond acceptors (Lipinski definition) is 7. The number of nitrogens with one attached hydrogen (secondary N) is 1. The molecule has 29 heavy (non-hydrogen) atoms. The summed E-state index contributed by atoms with van der Waals surface area (Å²) in [6.07, 6.45) is -0.900. The van der Waals surface area contributed by atoms with Gasteiger partial charge in [0.1, 0.15) is 6.61 Å². The summed E-state index contributed by atoms with van der Waals surface area (Å²) in [7, 11) is -4.11. The summed E-state index contributed by atoms with van der Waals surface area (Å²) in [5.74, 6) is -0.830. The molecule has 0 aromatic heterocycles. The molecule has 2 rings (SSSR count). The molecular formula is C20H23NO7S. The lowest BCUT2D eigenvalue weighted by Crippen LogP contribution is -2.45. The quantitative estimate of drug-likeness (QED) is 0.490. The Morgan fingerprint density at radius 3 is 2.28 bits per heavy atom. The van der Waals surface area contributed by atoms with Crippen molar-refractivity contribution in [1.29, 1.82) is 0 Å². The van der Waals surface area contributed by atoms with Crippen LogP contribution in [0.2, 0.25) is 0 Å². The van der Waals surface area contributed by atoms with Crippen LogP contribution in [0.25, 0.3) is 0 Å². The second-order valence-corrected chi connectivity index (χ2v) is 7.68. The third-order valence-electron chi connectivity index (χ3n) is 3.78. The fourth-order valence-electron chi connectivity index (χ4n) is 2.25. The summed E-state index contributed by atoms with van der Waals surface area (Å²) in [6.45, 7) is 2.83. The van der Waals surface area contributed by atoms with Crippen LogP contribution in [-0.2, 0) is 35.2 Å². The first-order valence-electron chi connectivity index (χ1n) is 8.91. The van der Waals surface area contributed by atoms with Gasteiger partial charge < -0.3 is 14.8 Å². The molecule has 1 N–H and O–H groups in total. The van der Waals surface area contributed by atoms with Crippen LogP contribution in [0.5, 0.6) is 0 Å². The number of ether oxygens (including phenoxy) is 2. The van der Waals surface area contributed by atoms with Gasteiger partial charge in [-0.15, -0.1) is 0 Å². The van der Waals surface area contributed by atoms with E-state index in [2.05, 4.69) is 5.32 Å². The highest BCUT2D eigenvalue weighted by Gasteiger charge is 2.26. The van der Waals surface area contributed by atoms with E-state index < -0.39 is 34.8 Å². The maximum atomic E-state index is 12.3. The molecule has 0 aliphatic heterocycles. The minimum absolute atomic E-state index is 0.00919. The predicted molar refractivity (Wildman–Crippen MR) is 105 cm³/mol. The SMILES string of the molecule is CCOC(=O)[C@H](COS(=O)(=O)c1ccc(C)cc1)NC(=O)OCc1ccccc1. The monoisotopic (exact) mass is 421 g/mol. The fourth-order valence-corrected chi connectivity index (χ4v) is 3.17. The van der Waals surface area contributed by atoms with E-state index in [1.807, 2.05) is 13.0 Å². The molecule has 0 bridgehead atoms. The van der Waals surface area contributed by atoms with Crippen LogP contribution in [0.3, 0.4) is 0 Å². The van der Waals surface area contributed by atoms with E-state index in [1.165, 1.54) is 12.1 Å². The van der Waals surface area contributed by atoms with Crippen molar-refractivity contribution in [3.63, 3.8) is 0 Å². The Kier molecular flexibility index (Phi) is 8.17. The minimum Gasteiger partial charge on any atom is -0.464 e. The molecule has 2 aromatic rings. The lowest BCUT2D eigenvalue weighted by molar-refractivity contribution is -0.146. The van der Waals surface area contributed by atoms with Gasteiger partial charge in [0.15, 0.2) is 6.04 Å². The molecule has 0 unspecified atom stereocenters. The van der Waals surface area contributed by atoms with Crippen LogP contribution in [0, 0.1) is 6.92 Å². The number of aryl methyl sites for hydroxylation is 1. The van der Waals surface area contributed by atoms with Crippen molar-refractivity contribution in [1.82, 2.24) is 5.32 Å². The van der Waals surface area contributed by atoms with Crippen LogP contribution in [0.15, 0.2) is 59.5 Å². The van der Waals surface area contributed by atoms with Gasteiger partial charge in [0.25, 0.3) is 10.1 Å². The second-order valence-electron chi connectivity index (χ2n) is 6.06. The average Bonchev–Trinajstić information content (AvgIpc) is 2.71. The van der Waals surface area contributed by atoms with E-state index >= 15 is 0 Å². The normalized spacial score (nSPS) is 12.1. The van der Waals surface area contributed by atoms with Gasteiger partial charge in [0.2, 0.25) is 0 Å². The Bertz CT molecular complexity index is 912. The zero-order valence-electron chi connectivity index (χ0n) is 16.2. The van der Waals surface area contributed by atoms with Crippen LogP contribution >= 0.6 is 0 Å². The van der Waals surface area contributed by atoms with Gasteiger partial charge in [-0.3, -0.25) is 4.18 Å². The van der Waals surface area contributed by atoms with Crippen LogP contribution in [0.1, 0.15) is 18.1 Å². The summed E-state index contributed by atoms with van der Waals surface area (Å²) in [5, 5.41) is 2.28. The van der Waals surface area contributed by atoms with Crippen molar-refractivity contribution in [2.24, 2.45) is 0 Å². The second kappa shape index (κ2) is 10.6. The van der Waals surface area contributed by atoms with Gasteiger partial charge in [-0.1, -0.05) is 48.0 Å². The highest BCUT2D eigenvalue weighted by Crippen LogP contribution is 2.14. The maximum Gasteiger partial charge on any atom is 0.408 e. The number of hydrogen-bond donors (Lipinski definition) is 1. The molecule has 0 saturated carbocycles.